The molecular weight excluding hydrogens is 351 g/mol. The molecule has 0 aromatic heterocycles. The number of rotatable bonds is 4. The molecule has 0 N–H and O–H groups in total. The molecule has 2 rings (SSSR count). The Morgan fingerprint density at radius 3 is 2.35 bits per heavy atom. The number of hydrogen-bond donors (Lipinski definition) is 0. The van der Waals surface area contributed by atoms with Crippen molar-refractivity contribution in [2.24, 2.45) is 11.8 Å². The van der Waals surface area contributed by atoms with E-state index >= 15 is 0 Å². The second kappa shape index (κ2) is 11.0. The second-order valence-corrected chi connectivity index (χ2v) is 7.12. The molecule has 26 heavy (non-hydrogen) atoms. The predicted molar refractivity (Wildman–Crippen MR) is 108 cm³/mol. The van der Waals surface area contributed by atoms with E-state index < -0.39 is 5.82 Å². The Kier molecular flexibility index (Phi) is 9.36. The molecule has 0 radical (unpaired) electrons. The smallest absolute Gasteiger partial charge is 0.314 e. The van der Waals surface area contributed by atoms with Crippen LogP contribution >= 0.6 is 11.6 Å². The molecule has 0 spiro atoms. The van der Waals surface area contributed by atoms with Gasteiger partial charge in [-0.25, -0.2) is 4.39 Å². The molecule has 0 bridgehead atoms. The van der Waals surface area contributed by atoms with E-state index in [2.05, 4.69) is 20.1 Å². The van der Waals surface area contributed by atoms with Gasteiger partial charge in [-0.15, -0.1) is 0 Å². The van der Waals surface area contributed by atoms with E-state index in [-0.39, 0.29) is 17.6 Å². The Morgan fingerprint density at radius 2 is 1.92 bits per heavy atom. The van der Waals surface area contributed by atoms with Crippen LogP contribution in [0, 0.1) is 17.7 Å². The minimum absolute atomic E-state index is 0.0126. The number of halogens is 2. The number of hydrogen-bond acceptors (Lipinski definition) is 2. The second-order valence-electron chi connectivity index (χ2n) is 6.68. The first-order chi connectivity index (χ1) is 12.3. The van der Waals surface area contributed by atoms with Crippen LogP contribution in [-0.4, -0.2) is 5.97 Å². The lowest BCUT2D eigenvalue weighted by Gasteiger charge is -2.24. The Balaban J connectivity index is 0.000000487. The number of ether oxygens (including phenoxy) is 1. The van der Waals surface area contributed by atoms with Crippen molar-refractivity contribution in [3.63, 3.8) is 0 Å². The van der Waals surface area contributed by atoms with Gasteiger partial charge in [0.1, 0.15) is 0 Å². The Hall–Kier alpha value is -1.87. The first-order valence-electron chi connectivity index (χ1n) is 8.89. The van der Waals surface area contributed by atoms with E-state index in [9.17, 15) is 9.18 Å². The van der Waals surface area contributed by atoms with Gasteiger partial charge in [0.2, 0.25) is 0 Å². The molecule has 0 heterocycles. The molecular formula is C22H28ClFO2. The highest BCUT2D eigenvalue weighted by Gasteiger charge is 2.26. The van der Waals surface area contributed by atoms with Crippen LogP contribution in [-0.2, 0) is 4.79 Å². The molecule has 1 fully saturated rings. The molecule has 0 atom stereocenters. The van der Waals surface area contributed by atoms with E-state index in [4.69, 9.17) is 16.3 Å². The van der Waals surface area contributed by atoms with Gasteiger partial charge in [-0.1, -0.05) is 55.5 Å². The average Bonchev–Trinajstić information content (AvgIpc) is 2.63. The molecule has 142 valence electrons. The molecule has 0 unspecified atom stereocenters. The summed E-state index contributed by atoms with van der Waals surface area (Å²) in [6.45, 7) is 13.1. The fourth-order valence-electron chi connectivity index (χ4n) is 2.65. The lowest BCUT2D eigenvalue weighted by Crippen LogP contribution is -2.25. The summed E-state index contributed by atoms with van der Waals surface area (Å²) in [7, 11) is 0. The van der Waals surface area contributed by atoms with Crippen molar-refractivity contribution in [1.82, 2.24) is 0 Å². The van der Waals surface area contributed by atoms with Crippen LogP contribution < -0.4 is 4.74 Å². The van der Waals surface area contributed by atoms with Crippen molar-refractivity contribution >= 4 is 23.1 Å². The molecule has 0 saturated heterocycles. The van der Waals surface area contributed by atoms with Crippen LogP contribution in [0.25, 0.3) is 5.57 Å². The third-order valence-electron chi connectivity index (χ3n) is 4.46. The first kappa shape index (κ1) is 22.2. The zero-order valence-electron chi connectivity index (χ0n) is 15.9. The van der Waals surface area contributed by atoms with Gasteiger partial charge in [0.15, 0.2) is 11.6 Å². The van der Waals surface area contributed by atoms with Crippen molar-refractivity contribution in [2.75, 3.05) is 0 Å². The maximum atomic E-state index is 13.9. The van der Waals surface area contributed by atoms with Crippen LogP contribution in [0.2, 0.25) is 0 Å². The predicted octanol–water partition coefficient (Wildman–Crippen LogP) is 6.91. The van der Waals surface area contributed by atoms with E-state index in [1.807, 2.05) is 13.8 Å². The quantitative estimate of drug-likeness (QED) is 0.323. The molecule has 0 aliphatic heterocycles. The fourth-order valence-corrected chi connectivity index (χ4v) is 2.65. The summed E-state index contributed by atoms with van der Waals surface area (Å²) < 4.78 is 19.1. The molecule has 2 nitrogen and oxygen atoms in total. The van der Waals surface area contributed by atoms with Gasteiger partial charge in [-0.05, 0) is 63.1 Å². The zero-order chi connectivity index (χ0) is 19.7. The summed E-state index contributed by atoms with van der Waals surface area (Å²) in [6, 6.07) is 4.58. The number of carbonyl (C=O) groups is 1. The highest BCUT2D eigenvalue weighted by Crippen LogP contribution is 2.30. The standard InChI is InChI=1S/C17H21FO2.C5H7Cl/c1-11(2)14-8-9-16(15(18)10-14)20-17(19)13-6-4-12(3)5-7-13;1-3-5(6)4-2/h8-10,12-13H,1,4-7H2,2-3H3;3-4H,1H2,2H3/b;5-4+. The van der Waals surface area contributed by atoms with Gasteiger partial charge in [-0.3, -0.25) is 4.79 Å². The van der Waals surface area contributed by atoms with Gasteiger partial charge in [0.05, 0.1) is 5.92 Å². The first-order valence-corrected chi connectivity index (χ1v) is 9.27. The molecule has 1 aliphatic carbocycles. The lowest BCUT2D eigenvalue weighted by molar-refractivity contribution is -0.140. The largest absolute Gasteiger partial charge is 0.423 e. The fraction of sp³-hybridized carbons (Fsp3) is 0.409. The Morgan fingerprint density at radius 1 is 1.31 bits per heavy atom. The highest BCUT2D eigenvalue weighted by molar-refractivity contribution is 6.31. The van der Waals surface area contributed by atoms with Gasteiger partial charge in [0.25, 0.3) is 0 Å². The number of esters is 1. The van der Waals surface area contributed by atoms with Crippen molar-refractivity contribution in [3.05, 3.63) is 59.9 Å². The lowest BCUT2D eigenvalue weighted by atomic mass is 9.83. The number of allylic oxidation sites excluding steroid dienone is 4. The summed E-state index contributed by atoms with van der Waals surface area (Å²) in [5.74, 6) is -0.224. The normalized spacial score (nSPS) is 19.8. The summed E-state index contributed by atoms with van der Waals surface area (Å²) >= 11 is 5.39. The molecule has 1 aliphatic rings. The topological polar surface area (TPSA) is 26.3 Å². The Labute approximate surface area is 161 Å². The van der Waals surface area contributed by atoms with E-state index in [1.165, 1.54) is 12.1 Å². The van der Waals surface area contributed by atoms with Gasteiger partial charge < -0.3 is 4.74 Å². The van der Waals surface area contributed by atoms with E-state index in [1.54, 1.807) is 18.2 Å². The summed E-state index contributed by atoms with van der Waals surface area (Å²) in [6.07, 6.45) is 7.14. The van der Waals surface area contributed by atoms with Crippen molar-refractivity contribution in [1.29, 1.82) is 0 Å². The third-order valence-corrected chi connectivity index (χ3v) is 4.83. The van der Waals surface area contributed by atoms with Crippen LogP contribution in [0.4, 0.5) is 4.39 Å². The minimum Gasteiger partial charge on any atom is -0.423 e. The van der Waals surface area contributed by atoms with Crippen LogP contribution in [0.1, 0.15) is 52.0 Å². The van der Waals surface area contributed by atoms with Crippen LogP contribution in [0.5, 0.6) is 5.75 Å². The minimum atomic E-state index is -0.511. The van der Waals surface area contributed by atoms with E-state index in [0.717, 1.165) is 31.3 Å². The molecule has 0 amide bonds. The maximum Gasteiger partial charge on any atom is 0.314 e. The van der Waals surface area contributed by atoms with Crippen molar-refractivity contribution in [3.8, 4) is 5.75 Å². The SMILES string of the molecule is C=C(C)c1ccc(OC(=O)C2CCC(C)CC2)c(F)c1.C=C/C(Cl)=C\C. The maximum absolute atomic E-state index is 13.9. The highest BCUT2D eigenvalue weighted by atomic mass is 35.5. The molecule has 1 aromatic carbocycles. The van der Waals surface area contributed by atoms with Crippen molar-refractivity contribution in [2.45, 2.75) is 46.5 Å². The molecule has 1 aromatic rings. The van der Waals surface area contributed by atoms with Crippen LogP contribution in [0.3, 0.4) is 0 Å². The van der Waals surface area contributed by atoms with E-state index in [0.29, 0.717) is 16.5 Å². The van der Waals surface area contributed by atoms with Gasteiger partial charge in [-0.2, -0.15) is 0 Å². The average molecular weight is 379 g/mol. The summed E-state index contributed by atoms with van der Waals surface area (Å²) in [5, 5.41) is 0.704. The monoisotopic (exact) mass is 378 g/mol. The van der Waals surface area contributed by atoms with Gasteiger partial charge in [0, 0.05) is 5.03 Å². The number of benzene rings is 1. The van der Waals surface area contributed by atoms with Crippen molar-refractivity contribution < 1.29 is 13.9 Å². The summed E-state index contributed by atoms with van der Waals surface area (Å²) in [5.41, 5.74) is 1.50. The Bertz CT molecular complexity index is 671. The molecule has 1 saturated carbocycles. The summed E-state index contributed by atoms with van der Waals surface area (Å²) in [4.78, 5) is 12.0. The third kappa shape index (κ3) is 7.17. The number of carbonyl (C=O) groups excluding carboxylic acids is 1. The van der Waals surface area contributed by atoms with Gasteiger partial charge >= 0.3 is 5.97 Å². The van der Waals surface area contributed by atoms with Crippen LogP contribution in [0.15, 0.2) is 48.5 Å². The molecule has 4 heteroatoms. The zero-order valence-corrected chi connectivity index (χ0v) is 16.6.